The minimum atomic E-state index is 0.737. The van der Waals surface area contributed by atoms with Crippen molar-refractivity contribution in [1.29, 1.82) is 0 Å². The third kappa shape index (κ3) is 2.59. The third-order valence-electron chi connectivity index (χ3n) is 4.30. The summed E-state index contributed by atoms with van der Waals surface area (Å²) in [6, 6.07) is 22.6. The number of halogens is 1. The first-order chi connectivity index (χ1) is 11.8. The van der Waals surface area contributed by atoms with Gasteiger partial charge in [0.05, 0.1) is 5.69 Å². The van der Waals surface area contributed by atoms with Gasteiger partial charge in [0.2, 0.25) is 0 Å². The topological polar surface area (TPSA) is 17.3 Å². The van der Waals surface area contributed by atoms with Gasteiger partial charge in [0, 0.05) is 39.6 Å². The minimum absolute atomic E-state index is 0.737. The number of rotatable bonds is 3. The maximum absolute atomic E-state index is 5.92. The molecule has 0 saturated carbocycles. The lowest BCUT2D eigenvalue weighted by atomic mass is 10.1. The molecule has 0 spiro atoms. The molecule has 24 heavy (non-hydrogen) atoms. The monoisotopic (exact) mass is 332 g/mol. The zero-order valence-corrected chi connectivity index (χ0v) is 14.2. The average Bonchev–Trinajstić information content (AvgIpc) is 2.94. The molecule has 2 nitrogen and oxygen atoms in total. The van der Waals surface area contributed by atoms with E-state index in [9.17, 15) is 0 Å². The van der Waals surface area contributed by atoms with Crippen molar-refractivity contribution in [2.24, 2.45) is 4.99 Å². The number of hydrogen-bond acceptors (Lipinski definition) is 1. The number of aryl methyl sites for hydroxylation is 1. The van der Waals surface area contributed by atoms with Crippen LogP contribution >= 0.6 is 11.6 Å². The quantitative estimate of drug-likeness (QED) is 0.396. The SMILES string of the molecule is CCn1c2ccccc2c2cc(N=Cc3ccc(Cl)cc3)ccc21. The standard InChI is InChI=1S/C21H17ClN2/c1-2-24-20-6-4-3-5-18(20)19-13-17(11-12-21(19)24)23-14-15-7-9-16(22)10-8-15/h3-14H,2H2,1H3. The number of benzene rings is 3. The van der Waals surface area contributed by atoms with Crippen LogP contribution in [0.3, 0.4) is 0 Å². The summed E-state index contributed by atoms with van der Waals surface area (Å²) in [6.45, 7) is 3.13. The minimum Gasteiger partial charge on any atom is -0.341 e. The van der Waals surface area contributed by atoms with Crippen molar-refractivity contribution in [2.75, 3.05) is 0 Å². The maximum atomic E-state index is 5.92. The van der Waals surface area contributed by atoms with Crippen LogP contribution in [-0.4, -0.2) is 10.8 Å². The van der Waals surface area contributed by atoms with Crippen LogP contribution in [0, 0.1) is 0 Å². The Hall–Kier alpha value is -2.58. The second-order valence-corrected chi connectivity index (χ2v) is 6.21. The van der Waals surface area contributed by atoms with Crippen LogP contribution in [0.25, 0.3) is 21.8 Å². The van der Waals surface area contributed by atoms with Gasteiger partial charge in [0.25, 0.3) is 0 Å². The van der Waals surface area contributed by atoms with Crippen molar-refractivity contribution in [1.82, 2.24) is 4.57 Å². The van der Waals surface area contributed by atoms with Crippen LogP contribution in [0.5, 0.6) is 0 Å². The predicted octanol–water partition coefficient (Wildman–Crippen LogP) is 6.22. The van der Waals surface area contributed by atoms with Gasteiger partial charge in [-0.05, 0) is 48.9 Å². The summed E-state index contributed by atoms with van der Waals surface area (Å²) in [4.78, 5) is 4.62. The fraction of sp³-hybridized carbons (Fsp3) is 0.0952. The molecule has 4 aromatic rings. The Bertz CT molecular complexity index is 1040. The van der Waals surface area contributed by atoms with E-state index in [1.807, 2.05) is 30.5 Å². The average molecular weight is 333 g/mol. The van der Waals surface area contributed by atoms with Crippen LogP contribution in [0.1, 0.15) is 12.5 Å². The molecule has 0 N–H and O–H groups in total. The van der Waals surface area contributed by atoms with Crippen molar-refractivity contribution in [2.45, 2.75) is 13.5 Å². The first kappa shape index (κ1) is 15.0. The Morgan fingerprint density at radius 1 is 0.917 bits per heavy atom. The Labute approximate surface area is 146 Å². The molecule has 0 aliphatic heterocycles. The molecule has 0 amide bonds. The second kappa shape index (κ2) is 6.14. The van der Waals surface area contributed by atoms with Gasteiger partial charge < -0.3 is 4.57 Å². The van der Waals surface area contributed by atoms with Crippen LogP contribution < -0.4 is 0 Å². The molecule has 3 heteroatoms. The van der Waals surface area contributed by atoms with Crippen molar-refractivity contribution in [3.05, 3.63) is 77.3 Å². The number of para-hydroxylation sites is 1. The summed E-state index contributed by atoms with van der Waals surface area (Å²) in [5.74, 6) is 0. The summed E-state index contributed by atoms with van der Waals surface area (Å²) in [5, 5.41) is 3.26. The summed E-state index contributed by atoms with van der Waals surface area (Å²) < 4.78 is 2.34. The highest BCUT2D eigenvalue weighted by Gasteiger charge is 2.09. The van der Waals surface area contributed by atoms with E-state index in [0.29, 0.717) is 0 Å². The van der Waals surface area contributed by atoms with E-state index in [2.05, 4.69) is 58.9 Å². The van der Waals surface area contributed by atoms with E-state index in [1.165, 1.54) is 21.8 Å². The van der Waals surface area contributed by atoms with Crippen molar-refractivity contribution < 1.29 is 0 Å². The van der Waals surface area contributed by atoms with E-state index < -0.39 is 0 Å². The van der Waals surface area contributed by atoms with Crippen molar-refractivity contribution in [3.8, 4) is 0 Å². The molecule has 0 radical (unpaired) electrons. The van der Waals surface area contributed by atoms with Gasteiger partial charge >= 0.3 is 0 Å². The highest BCUT2D eigenvalue weighted by Crippen LogP contribution is 2.31. The summed E-state index contributed by atoms with van der Waals surface area (Å²) in [5.41, 5.74) is 4.52. The lowest BCUT2D eigenvalue weighted by molar-refractivity contribution is 0.827. The van der Waals surface area contributed by atoms with Gasteiger partial charge in [0.1, 0.15) is 0 Å². The zero-order valence-electron chi connectivity index (χ0n) is 13.4. The molecule has 0 fully saturated rings. The number of aromatic nitrogens is 1. The molecule has 0 unspecified atom stereocenters. The lowest BCUT2D eigenvalue weighted by Gasteiger charge is -2.02. The second-order valence-electron chi connectivity index (χ2n) is 5.77. The van der Waals surface area contributed by atoms with Gasteiger partial charge in [-0.15, -0.1) is 0 Å². The van der Waals surface area contributed by atoms with Crippen LogP contribution in [-0.2, 0) is 6.54 Å². The predicted molar refractivity (Wildman–Crippen MR) is 104 cm³/mol. The number of aliphatic imine (C=N–C) groups is 1. The summed E-state index contributed by atoms with van der Waals surface area (Å²) in [6.07, 6.45) is 1.87. The maximum Gasteiger partial charge on any atom is 0.0637 e. The van der Waals surface area contributed by atoms with Crippen LogP contribution in [0.2, 0.25) is 5.02 Å². The lowest BCUT2D eigenvalue weighted by Crippen LogP contribution is -1.92. The first-order valence-electron chi connectivity index (χ1n) is 8.07. The normalized spacial score (nSPS) is 11.8. The highest BCUT2D eigenvalue weighted by atomic mass is 35.5. The molecule has 1 heterocycles. The van der Waals surface area contributed by atoms with Crippen LogP contribution in [0.15, 0.2) is 71.7 Å². The molecule has 4 rings (SSSR count). The molecule has 0 saturated heterocycles. The molecular formula is C21H17ClN2. The smallest absolute Gasteiger partial charge is 0.0637 e. The largest absolute Gasteiger partial charge is 0.341 e. The fourth-order valence-electron chi connectivity index (χ4n) is 3.16. The van der Waals surface area contributed by atoms with Gasteiger partial charge in [-0.25, -0.2) is 0 Å². The Balaban J connectivity index is 1.80. The van der Waals surface area contributed by atoms with E-state index in [1.54, 1.807) is 0 Å². The Kier molecular flexibility index (Phi) is 3.83. The van der Waals surface area contributed by atoms with Gasteiger partial charge in [-0.2, -0.15) is 0 Å². The number of nitrogens with zero attached hydrogens (tertiary/aromatic N) is 2. The van der Waals surface area contributed by atoms with E-state index in [4.69, 9.17) is 11.6 Å². The summed E-state index contributed by atoms with van der Waals surface area (Å²) >= 11 is 5.92. The van der Waals surface area contributed by atoms with Crippen molar-refractivity contribution in [3.63, 3.8) is 0 Å². The van der Waals surface area contributed by atoms with Crippen LogP contribution in [0.4, 0.5) is 5.69 Å². The summed E-state index contributed by atoms with van der Waals surface area (Å²) in [7, 11) is 0. The van der Waals surface area contributed by atoms with E-state index >= 15 is 0 Å². The molecule has 0 aliphatic rings. The number of fused-ring (bicyclic) bond motifs is 3. The number of hydrogen-bond donors (Lipinski definition) is 0. The molecule has 1 aromatic heterocycles. The Morgan fingerprint density at radius 3 is 2.46 bits per heavy atom. The fourth-order valence-corrected chi connectivity index (χ4v) is 3.29. The Morgan fingerprint density at radius 2 is 1.67 bits per heavy atom. The zero-order chi connectivity index (χ0) is 16.5. The van der Waals surface area contributed by atoms with E-state index in [-0.39, 0.29) is 0 Å². The third-order valence-corrected chi connectivity index (χ3v) is 4.56. The highest BCUT2D eigenvalue weighted by molar-refractivity contribution is 6.30. The van der Waals surface area contributed by atoms with Gasteiger partial charge in [0.15, 0.2) is 0 Å². The van der Waals surface area contributed by atoms with Crippen molar-refractivity contribution >= 4 is 45.3 Å². The molecule has 0 bridgehead atoms. The van der Waals surface area contributed by atoms with E-state index in [0.717, 1.165) is 22.8 Å². The van der Waals surface area contributed by atoms with Gasteiger partial charge in [-0.1, -0.05) is 41.9 Å². The molecular weight excluding hydrogens is 316 g/mol. The molecule has 3 aromatic carbocycles. The first-order valence-corrected chi connectivity index (χ1v) is 8.44. The van der Waals surface area contributed by atoms with Gasteiger partial charge in [-0.3, -0.25) is 4.99 Å². The molecule has 118 valence electrons. The molecule has 0 atom stereocenters. The molecule has 0 aliphatic carbocycles.